The molecule has 4 N–H and O–H groups in total. The van der Waals surface area contributed by atoms with Crippen molar-refractivity contribution in [2.24, 2.45) is 5.73 Å². The third-order valence-electron chi connectivity index (χ3n) is 1.07. The Labute approximate surface area is 77.8 Å². The van der Waals surface area contributed by atoms with Gasteiger partial charge in [0.1, 0.15) is 0 Å². The summed E-state index contributed by atoms with van der Waals surface area (Å²) < 4.78 is 34.7. The van der Waals surface area contributed by atoms with Gasteiger partial charge in [0.25, 0.3) is 0 Å². The van der Waals surface area contributed by atoms with Gasteiger partial charge < -0.3 is 16.4 Å². The van der Waals surface area contributed by atoms with Crippen molar-refractivity contribution in [3.63, 3.8) is 0 Å². The van der Waals surface area contributed by atoms with Gasteiger partial charge in [-0.2, -0.15) is 13.2 Å². The van der Waals surface area contributed by atoms with E-state index in [1.165, 1.54) is 0 Å². The molecule has 0 saturated heterocycles. The number of hydrogen-bond acceptors (Lipinski definition) is 3. The molecule has 0 rings (SSSR count). The molecule has 0 radical (unpaired) electrons. The van der Waals surface area contributed by atoms with Crippen molar-refractivity contribution < 1.29 is 22.8 Å². The lowest BCUT2D eigenvalue weighted by molar-refractivity contribution is -0.129. The molecule has 0 aliphatic rings. The van der Waals surface area contributed by atoms with E-state index >= 15 is 0 Å². The Morgan fingerprint density at radius 2 is 1.79 bits per heavy atom. The monoisotopic (exact) mass is 213 g/mol. The van der Waals surface area contributed by atoms with E-state index in [4.69, 9.17) is 0 Å². The molecule has 14 heavy (non-hydrogen) atoms. The summed E-state index contributed by atoms with van der Waals surface area (Å²) in [6.07, 6.45) is -4.36. The number of primary amides is 1. The second-order valence-electron chi connectivity index (χ2n) is 2.46. The summed E-state index contributed by atoms with van der Waals surface area (Å²) in [6.45, 7) is -2.14. The van der Waals surface area contributed by atoms with Crippen LogP contribution in [0.4, 0.5) is 13.2 Å². The fourth-order valence-electron chi connectivity index (χ4n) is 0.566. The molecule has 0 aliphatic carbocycles. The van der Waals surface area contributed by atoms with Crippen LogP contribution in [0.15, 0.2) is 0 Å². The number of rotatable bonds is 5. The van der Waals surface area contributed by atoms with Crippen LogP contribution in [0.2, 0.25) is 0 Å². The van der Waals surface area contributed by atoms with Gasteiger partial charge in [-0.05, 0) is 0 Å². The van der Waals surface area contributed by atoms with Crippen LogP contribution in [-0.2, 0) is 9.59 Å². The Hall–Kier alpha value is -1.31. The second kappa shape index (κ2) is 5.43. The highest BCUT2D eigenvalue weighted by Crippen LogP contribution is 2.11. The Kier molecular flexibility index (Phi) is 4.92. The van der Waals surface area contributed by atoms with E-state index in [0.717, 1.165) is 0 Å². The molecule has 0 aromatic carbocycles. The minimum atomic E-state index is -4.36. The van der Waals surface area contributed by atoms with Crippen molar-refractivity contribution in [3.05, 3.63) is 0 Å². The predicted octanol–water partition coefficient (Wildman–Crippen LogP) is -1.26. The first kappa shape index (κ1) is 12.7. The molecule has 0 atom stereocenters. The highest BCUT2D eigenvalue weighted by Gasteiger charge is 2.26. The minimum absolute atomic E-state index is 0.382. The SMILES string of the molecule is NC(=O)CNC(=O)CNCC(F)(F)F. The van der Waals surface area contributed by atoms with Crippen molar-refractivity contribution in [2.75, 3.05) is 19.6 Å². The maximum atomic E-state index is 11.6. The van der Waals surface area contributed by atoms with Gasteiger partial charge in [-0.25, -0.2) is 0 Å². The van der Waals surface area contributed by atoms with Gasteiger partial charge in [0.15, 0.2) is 0 Å². The van der Waals surface area contributed by atoms with Crippen LogP contribution in [-0.4, -0.2) is 37.6 Å². The number of alkyl halides is 3. The van der Waals surface area contributed by atoms with Gasteiger partial charge >= 0.3 is 6.18 Å². The fourth-order valence-corrected chi connectivity index (χ4v) is 0.566. The van der Waals surface area contributed by atoms with E-state index in [-0.39, 0.29) is 6.54 Å². The minimum Gasteiger partial charge on any atom is -0.368 e. The molecule has 5 nitrogen and oxygen atoms in total. The summed E-state index contributed by atoms with van der Waals surface area (Å²) in [5.74, 6) is -1.47. The van der Waals surface area contributed by atoms with Gasteiger partial charge in [0.05, 0.1) is 19.6 Å². The van der Waals surface area contributed by atoms with Crippen molar-refractivity contribution in [1.29, 1.82) is 0 Å². The maximum absolute atomic E-state index is 11.6. The number of nitrogens with two attached hydrogens (primary N) is 1. The van der Waals surface area contributed by atoms with Gasteiger partial charge in [-0.15, -0.1) is 0 Å². The van der Waals surface area contributed by atoms with Crippen LogP contribution in [0.5, 0.6) is 0 Å². The lowest BCUT2D eigenvalue weighted by Gasteiger charge is -2.07. The van der Waals surface area contributed by atoms with Crippen molar-refractivity contribution in [1.82, 2.24) is 10.6 Å². The molecule has 0 heterocycles. The van der Waals surface area contributed by atoms with E-state index in [0.29, 0.717) is 0 Å². The van der Waals surface area contributed by atoms with Crippen LogP contribution in [0, 0.1) is 0 Å². The molecular formula is C6H10F3N3O2. The van der Waals surface area contributed by atoms with Crippen LogP contribution in [0.1, 0.15) is 0 Å². The molecule has 0 aromatic heterocycles. The molecule has 0 saturated carbocycles. The van der Waals surface area contributed by atoms with E-state index in [1.54, 1.807) is 0 Å². The lowest BCUT2D eigenvalue weighted by atomic mass is 10.5. The van der Waals surface area contributed by atoms with Crippen molar-refractivity contribution >= 4 is 11.8 Å². The zero-order chi connectivity index (χ0) is 11.2. The zero-order valence-corrected chi connectivity index (χ0v) is 7.15. The van der Waals surface area contributed by atoms with Gasteiger partial charge in [0, 0.05) is 0 Å². The van der Waals surface area contributed by atoms with Crippen LogP contribution >= 0.6 is 0 Å². The Bertz CT molecular complexity index is 217. The van der Waals surface area contributed by atoms with Gasteiger partial charge in [-0.1, -0.05) is 0 Å². The first-order valence-electron chi connectivity index (χ1n) is 3.64. The molecule has 0 bridgehead atoms. The van der Waals surface area contributed by atoms with Crippen LogP contribution < -0.4 is 16.4 Å². The number of halogens is 3. The summed E-state index contributed by atoms with van der Waals surface area (Å²) in [5.41, 5.74) is 4.68. The highest BCUT2D eigenvalue weighted by atomic mass is 19.4. The Morgan fingerprint density at radius 3 is 2.21 bits per heavy atom. The first-order chi connectivity index (χ1) is 6.31. The molecule has 0 aliphatic heterocycles. The van der Waals surface area contributed by atoms with Gasteiger partial charge in [0.2, 0.25) is 11.8 Å². The van der Waals surface area contributed by atoms with E-state index in [2.05, 4.69) is 5.73 Å². The highest BCUT2D eigenvalue weighted by molar-refractivity contribution is 5.84. The van der Waals surface area contributed by atoms with Crippen LogP contribution in [0.3, 0.4) is 0 Å². The predicted molar refractivity (Wildman–Crippen MR) is 41.1 cm³/mol. The summed E-state index contributed by atoms with van der Waals surface area (Å²) in [5, 5.41) is 3.88. The first-order valence-corrected chi connectivity index (χ1v) is 3.64. The summed E-state index contributed by atoms with van der Waals surface area (Å²) in [7, 11) is 0. The molecule has 0 fully saturated rings. The summed E-state index contributed by atoms with van der Waals surface area (Å²) in [4.78, 5) is 20.8. The summed E-state index contributed by atoms with van der Waals surface area (Å²) >= 11 is 0. The van der Waals surface area contributed by atoms with Crippen LogP contribution in [0.25, 0.3) is 0 Å². The lowest BCUT2D eigenvalue weighted by Crippen LogP contribution is -2.41. The Balaban J connectivity index is 3.50. The Morgan fingerprint density at radius 1 is 1.21 bits per heavy atom. The molecule has 82 valence electrons. The largest absolute Gasteiger partial charge is 0.401 e. The molecule has 8 heteroatoms. The molecule has 0 unspecified atom stereocenters. The smallest absolute Gasteiger partial charge is 0.368 e. The molecule has 0 spiro atoms. The van der Waals surface area contributed by atoms with Crippen molar-refractivity contribution in [2.45, 2.75) is 6.18 Å². The number of nitrogens with one attached hydrogen (secondary N) is 2. The topological polar surface area (TPSA) is 84.2 Å². The molecule has 2 amide bonds. The number of amides is 2. The van der Waals surface area contributed by atoms with E-state index in [9.17, 15) is 22.8 Å². The average molecular weight is 213 g/mol. The fraction of sp³-hybridized carbons (Fsp3) is 0.667. The third-order valence-corrected chi connectivity index (χ3v) is 1.07. The number of hydrogen-bond donors (Lipinski definition) is 3. The quantitative estimate of drug-likeness (QED) is 0.533. The second-order valence-corrected chi connectivity index (χ2v) is 2.46. The van der Waals surface area contributed by atoms with Gasteiger partial charge in [-0.3, -0.25) is 9.59 Å². The number of carbonyl (C=O) groups is 2. The van der Waals surface area contributed by atoms with E-state index < -0.39 is 31.1 Å². The third kappa shape index (κ3) is 8.78. The maximum Gasteiger partial charge on any atom is 0.401 e. The van der Waals surface area contributed by atoms with E-state index in [1.807, 2.05) is 10.6 Å². The van der Waals surface area contributed by atoms with Crippen molar-refractivity contribution in [3.8, 4) is 0 Å². The normalized spacial score (nSPS) is 11.1. The molecular weight excluding hydrogens is 203 g/mol. The molecule has 0 aromatic rings. The average Bonchev–Trinajstić information content (AvgIpc) is 1.98. The number of carbonyl (C=O) groups excluding carboxylic acids is 2. The zero-order valence-electron chi connectivity index (χ0n) is 7.15. The standard InChI is InChI=1S/C6H10F3N3O2/c7-6(8,9)3-11-2-5(14)12-1-4(10)13/h11H,1-3H2,(H2,10,13)(H,12,14). The summed E-state index contributed by atoms with van der Waals surface area (Å²) in [6, 6.07) is 0.